The summed E-state index contributed by atoms with van der Waals surface area (Å²) in [5.41, 5.74) is 3.80. The number of aromatic nitrogens is 1. The molecule has 0 aliphatic heterocycles. The van der Waals surface area contributed by atoms with Crippen molar-refractivity contribution < 1.29 is 5.11 Å². The second kappa shape index (κ2) is 5.50. The van der Waals surface area contributed by atoms with Crippen LogP contribution in [0.1, 0.15) is 19.4 Å². The smallest absolute Gasteiger partial charge is 0.0851 e. The summed E-state index contributed by atoms with van der Waals surface area (Å²) < 4.78 is 2.35. The minimum atomic E-state index is -0.864. The van der Waals surface area contributed by atoms with Gasteiger partial charge in [0, 0.05) is 20.6 Å². The van der Waals surface area contributed by atoms with E-state index in [-0.39, 0.29) is 0 Å². The predicted molar refractivity (Wildman–Crippen MR) is 109 cm³/mol. The molecule has 5 rings (SSSR count). The second-order valence-corrected chi connectivity index (χ2v) is 8.31. The number of rotatable bonds is 3. The van der Waals surface area contributed by atoms with Gasteiger partial charge < -0.3 is 9.51 Å². The van der Waals surface area contributed by atoms with Gasteiger partial charge in [-0.25, -0.2) is 0 Å². The molecular formula is C23H19NOS. The Hall–Kier alpha value is -2.49. The summed E-state index contributed by atoms with van der Waals surface area (Å²) in [5.74, 6) is 0. The minimum absolute atomic E-state index is 0.864. The third kappa shape index (κ3) is 2.24. The van der Waals surface area contributed by atoms with Crippen LogP contribution in [0.15, 0.2) is 82.6 Å². The number of aliphatic hydroxyl groups is 1. The van der Waals surface area contributed by atoms with Crippen LogP contribution >= 0.6 is 11.8 Å². The average Bonchev–Trinajstić information content (AvgIpc) is 3.15. The van der Waals surface area contributed by atoms with Gasteiger partial charge in [0.2, 0.25) is 0 Å². The molecule has 0 saturated heterocycles. The zero-order valence-electron chi connectivity index (χ0n) is 14.7. The molecule has 0 radical (unpaired) electrons. The summed E-state index contributed by atoms with van der Waals surface area (Å²) in [6.45, 7) is 3.68. The molecular weight excluding hydrogens is 338 g/mol. The molecule has 128 valence electrons. The molecule has 3 heterocycles. The van der Waals surface area contributed by atoms with Gasteiger partial charge in [0.05, 0.1) is 22.2 Å². The number of benzene rings is 2. The number of hydrogen-bond acceptors (Lipinski definition) is 2. The van der Waals surface area contributed by atoms with Crippen molar-refractivity contribution in [1.82, 2.24) is 4.40 Å². The fourth-order valence-electron chi connectivity index (χ4n) is 3.82. The Morgan fingerprint density at radius 2 is 1.38 bits per heavy atom. The van der Waals surface area contributed by atoms with Crippen molar-refractivity contribution in [2.45, 2.75) is 29.2 Å². The Morgan fingerprint density at radius 1 is 0.731 bits per heavy atom. The van der Waals surface area contributed by atoms with Crippen molar-refractivity contribution >= 4 is 39.1 Å². The first-order valence-corrected chi connectivity index (χ1v) is 9.60. The van der Waals surface area contributed by atoms with Crippen LogP contribution in [0.2, 0.25) is 0 Å². The van der Waals surface area contributed by atoms with Gasteiger partial charge in [-0.15, -0.1) is 0 Å². The van der Waals surface area contributed by atoms with Crippen LogP contribution in [0.25, 0.3) is 27.3 Å². The fraction of sp³-hybridized carbons (Fsp3) is 0.130. The van der Waals surface area contributed by atoms with Crippen molar-refractivity contribution in [1.29, 1.82) is 0 Å². The highest BCUT2D eigenvalue weighted by atomic mass is 32.2. The van der Waals surface area contributed by atoms with Gasteiger partial charge in [-0.3, -0.25) is 0 Å². The first-order chi connectivity index (χ1) is 12.5. The van der Waals surface area contributed by atoms with E-state index >= 15 is 0 Å². The molecule has 3 heteroatoms. The number of nitrogens with zero attached hydrogens (tertiary/aromatic N) is 1. The molecule has 0 fully saturated rings. The average molecular weight is 357 g/mol. The first kappa shape index (κ1) is 15.7. The molecule has 3 aromatic heterocycles. The van der Waals surface area contributed by atoms with E-state index in [0.717, 1.165) is 10.5 Å². The summed E-state index contributed by atoms with van der Waals surface area (Å²) in [7, 11) is 0. The lowest BCUT2D eigenvalue weighted by atomic mass is 9.99. The van der Waals surface area contributed by atoms with E-state index in [2.05, 4.69) is 59.0 Å². The van der Waals surface area contributed by atoms with Gasteiger partial charge in [0.15, 0.2) is 0 Å². The van der Waals surface area contributed by atoms with Crippen molar-refractivity contribution in [2.24, 2.45) is 0 Å². The highest BCUT2D eigenvalue weighted by Crippen LogP contribution is 2.42. The van der Waals surface area contributed by atoms with Crippen LogP contribution in [0, 0.1) is 0 Å². The topological polar surface area (TPSA) is 24.6 Å². The van der Waals surface area contributed by atoms with E-state index in [4.69, 9.17) is 0 Å². The highest BCUT2D eigenvalue weighted by Gasteiger charge is 2.22. The van der Waals surface area contributed by atoms with Crippen LogP contribution in [0.5, 0.6) is 0 Å². The number of fused-ring (bicyclic) bond motifs is 3. The Kier molecular flexibility index (Phi) is 3.33. The fourth-order valence-corrected chi connectivity index (χ4v) is 5.07. The van der Waals surface area contributed by atoms with Crippen molar-refractivity contribution in [3.05, 3.63) is 78.4 Å². The lowest BCUT2D eigenvalue weighted by molar-refractivity contribution is 0.0758. The van der Waals surface area contributed by atoms with E-state index in [0.29, 0.717) is 0 Å². The van der Waals surface area contributed by atoms with Crippen LogP contribution in [-0.2, 0) is 5.60 Å². The summed E-state index contributed by atoms with van der Waals surface area (Å²) in [6.07, 6.45) is 0. The molecule has 2 nitrogen and oxygen atoms in total. The summed E-state index contributed by atoms with van der Waals surface area (Å²) >= 11 is 1.73. The molecule has 0 saturated carbocycles. The van der Waals surface area contributed by atoms with Gasteiger partial charge in [-0.1, -0.05) is 60.3 Å². The Bertz CT molecular complexity index is 1250. The van der Waals surface area contributed by atoms with Crippen molar-refractivity contribution in [3.63, 3.8) is 0 Å². The maximum absolute atomic E-state index is 10.5. The van der Waals surface area contributed by atoms with Crippen LogP contribution < -0.4 is 0 Å². The number of pyridine rings is 1. The Balaban J connectivity index is 1.74. The molecule has 0 aliphatic rings. The molecule has 0 unspecified atom stereocenters. The predicted octanol–water partition coefficient (Wildman–Crippen LogP) is 6.06. The highest BCUT2D eigenvalue weighted by molar-refractivity contribution is 7.99. The van der Waals surface area contributed by atoms with Crippen LogP contribution in [0.4, 0.5) is 0 Å². The van der Waals surface area contributed by atoms with E-state index in [1.807, 2.05) is 32.0 Å². The SMILES string of the molecule is CC(C)(O)c1ccccc1Sc1cc2c3ccccc3c3cccc1n32. The molecule has 5 aromatic rings. The zero-order chi connectivity index (χ0) is 17.9. The summed E-state index contributed by atoms with van der Waals surface area (Å²) in [4.78, 5) is 2.31. The molecule has 0 bridgehead atoms. The van der Waals surface area contributed by atoms with Gasteiger partial charge >= 0.3 is 0 Å². The quantitative estimate of drug-likeness (QED) is 0.424. The van der Waals surface area contributed by atoms with Gasteiger partial charge in [0.1, 0.15) is 0 Å². The third-order valence-corrected chi connectivity index (χ3v) is 6.12. The largest absolute Gasteiger partial charge is 0.386 e. The van der Waals surface area contributed by atoms with Crippen LogP contribution in [0.3, 0.4) is 0 Å². The molecule has 0 aliphatic carbocycles. The maximum atomic E-state index is 10.5. The summed E-state index contributed by atoms with van der Waals surface area (Å²) in [6, 6.07) is 25.4. The Morgan fingerprint density at radius 3 is 2.15 bits per heavy atom. The molecule has 0 spiro atoms. The monoisotopic (exact) mass is 357 g/mol. The molecule has 26 heavy (non-hydrogen) atoms. The van der Waals surface area contributed by atoms with Crippen molar-refractivity contribution in [3.8, 4) is 0 Å². The van der Waals surface area contributed by atoms with E-state index < -0.39 is 5.60 Å². The van der Waals surface area contributed by atoms with Gasteiger partial charge in [-0.05, 0) is 43.7 Å². The standard InChI is InChI=1S/C23H19NOS/c1-23(2,25)17-10-5-6-13-21(17)26-22-14-20-16-9-4-3-8-15(16)18-11-7-12-19(22)24(18)20/h3-14,25H,1-2H3. The van der Waals surface area contributed by atoms with E-state index in [1.54, 1.807) is 11.8 Å². The minimum Gasteiger partial charge on any atom is -0.386 e. The normalized spacial score (nSPS) is 12.6. The van der Waals surface area contributed by atoms with Crippen LogP contribution in [-0.4, -0.2) is 9.51 Å². The zero-order valence-corrected chi connectivity index (χ0v) is 15.5. The van der Waals surface area contributed by atoms with E-state index in [1.165, 1.54) is 32.2 Å². The van der Waals surface area contributed by atoms with Gasteiger partial charge in [-0.2, -0.15) is 0 Å². The Labute approximate surface area is 156 Å². The van der Waals surface area contributed by atoms with E-state index in [9.17, 15) is 5.11 Å². The van der Waals surface area contributed by atoms with Gasteiger partial charge in [0.25, 0.3) is 0 Å². The second-order valence-electron chi connectivity index (χ2n) is 7.23. The lowest BCUT2D eigenvalue weighted by Crippen LogP contribution is -2.16. The number of hydrogen-bond donors (Lipinski definition) is 1. The lowest BCUT2D eigenvalue weighted by Gasteiger charge is -2.21. The summed E-state index contributed by atoms with van der Waals surface area (Å²) in [5, 5.41) is 13.1. The molecule has 1 N–H and O–H groups in total. The van der Waals surface area contributed by atoms with Crippen molar-refractivity contribution in [2.75, 3.05) is 0 Å². The maximum Gasteiger partial charge on any atom is 0.0851 e. The molecule has 2 aromatic carbocycles. The molecule has 0 amide bonds. The molecule has 0 atom stereocenters. The third-order valence-electron chi connectivity index (χ3n) is 5.00. The first-order valence-electron chi connectivity index (χ1n) is 8.78.